The van der Waals surface area contributed by atoms with Gasteiger partial charge in [0.1, 0.15) is 12.6 Å². The Morgan fingerprint density at radius 2 is 1.63 bits per heavy atom. The molecule has 0 spiro atoms. The molecule has 2 saturated heterocycles. The quantitative estimate of drug-likeness (QED) is 0.561. The molecule has 0 aliphatic carbocycles. The van der Waals surface area contributed by atoms with E-state index in [-0.39, 0.29) is 11.7 Å². The summed E-state index contributed by atoms with van der Waals surface area (Å²) in [6.45, 7) is 1.42. The number of carboxylic acids is 1. The van der Waals surface area contributed by atoms with Crippen LogP contribution in [0.2, 0.25) is 0 Å². The van der Waals surface area contributed by atoms with Crippen molar-refractivity contribution in [3.05, 3.63) is 35.9 Å². The van der Waals surface area contributed by atoms with Crippen LogP contribution in [0.3, 0.4) is 0 Å². The average molecular weight is 411 g/mol. The second-order valence-corrected chi connectivity index (χ2v) is 8.50. The molecule has 0 saturated carbocycles. The molecule has 0 radical (unpaired) electrons. The molecule has 3 rings (SSSR count). The average Bonchev–Trinajstić information content (AvgIpc) is 3.30. The van der Waals surface area contributed by atoms with Crippen LogP contribution in [0.4, 0.5) is 4.79 Å². The van der Waals surface area contributed by atoms with Gasteiger partial charge in [0.2, 0.25) is 5.12 Å². The second kappa shape index (κ2) is 9.59. The van der Waals surface area contributed by atoms with Crippen LogP contribution in [0.15, 0.2) is 30.3 Å². The summed E-state index contributed by atoms with van der Waals surface area (Å²) >= 11 is 1.92. The molecule has 1 aromatic carbocycles. The fourth-order valence-electron chi connectivity index (χ4n) is 3.20. The van der Waals surface area contributed by atoms with Crippen LogP contribution in [0.1, 0.15) is 31.2 Å². The molecule has 7 nitrogen and oxygen atoms in total. The predicted octanol–water partition coefficient (Wildman–Crippen LogP) is 3.16. The van der Waals surface area contributed by atoms with Crippen LogP contribution in [0, 0.1) is 0 Å². The molecule has 9 heteroatoms. The van der Waals surface area contributed by atoms with E-state index in [0.29, 0.717) is 25.9 Å². The Labute approximate surface area is 166 Å². The Morgan fingerprint density at radius 1 is 1.00 bits per heavy atom. The zero-order valence-electron chi connectivity index (χ0n) is 14.8. The molecular formula is C18H22N2O5S2. The monoisotopic (exact) mass is 410 g/mol. The summed E-state index contributed by atoms with van der Waals surface area (Å²) in [5, 5.41) is 8.70. The Hall–Kier alpha value is -1.55. The Bertz CT molecular complexity index is 688. The number of carbonyl (C=O) groups is 3. The van der Waals surface area contributed by atoms with Crippen LogP contribution in [-0.2, 0) is 20.9 Å². The van der Waals surface area contributed by atoms with Crippen molar-refractivity contribution in [2.24, 2.45) is 0 Å². The first-order valence-corrected chi connectivity index (χ1v) is 10.5. The molecule has 2 atom stereocenters. The minimum absolute atomic E-state index is 0.107. The standard InChI is InChI=1S/C18H22N2O5S2/c21-16(22)14-8-4-10-19(14)26-17(23)15-9-5-11-20(15)27-18(24)25-12-13-6-2-1-3-7-13/h1-3,6-7,14-15H,4-5,8-12H2,(H,21,22)/t14-,15-/m0/s1. The highest BCUT2D eigenvalue weighted by Crippen LogP contribution is 2.33. The fourth-order valence-corrected chi connectivity index (χ4v) is 5.26. The summed E-state index contributed by atoms with van der Waals surface area (Å²) in [5.41, 5.74) is 0.907. The third-order valence-electron chi connectivity index (χ3n) is 4.56. The maximum atomic E-state index is 12.7. The van der Waals surface area contributed by atoms with Crippen molar-refractivity contribution >= 4 is 40.3 Å². The number of ether oxygens (including phenoxy) is 1. The summed E-state index contributed by atoms with van der Waals surface area (Å²) in [6.07, 6.45) is 2.81. The van der Waals surface area contributed by atoms with Gasteiger partial charge in [0.05, 0.1) is 6.04 Å². The van der Waals surface area contributed by atoms with Crippen LogP contribution in [0.5, 0.6) is 0 Å². The van der Waals surface area contributed by atoms with Crippen LogP contribution < -0.4 is 0 Å². The number of nitrogens with zero attached hydrogens (tertiary/aromatic N) is 2. The Balaban J connectivity index is 1.49. The summed E-state index contributed by atoms with van der Waals surface area (Å²) in [6, 6.07) is 8.40. The minimum Gasteiger partial charge on any atom is -0.480 e. The third kappa shape index (κ3) is 5.47. The summed E-state index contributed by atoms with van der Waals surface area (Å²) in [4.78, 5) is 36.1. The van der Waals surface area contributed by atoms with Gasteiger partial charge in [0.25, 0.3) is 0 Å². The van der Waals surface area contributed by atoms with Crippen molar-refractivity contribution < 1.29 is 24.2 Å². The smallest absolute Gasteiger partial charge is 0.383 e. The Kier molecular flexibility index (Phi) is 7.17. The number of rotatable bonds is 6. The van der Waals surface area contributed by atoms with Gasteiger partial charge in [-0.3, -0.25) is 9.59 Å². The van der Waals surface area contributed by atoms with E-state index in [2.05, 4.69) is 0 Å². The minimum atomic E-state index is -0.894. The zero-order valence-corrected chi connectivity index (χ0v) is 16.4. The van der Waals surface area contributed by atoms with E-state index in [4.69, 9.17) is 4.74 Å². The lowest BCUT2D eigenvalue weighted by Gasteiger charge is -2.24. The van der Waals surface area contributed by atoms with Gasteiger partial charge >= 0.3 is 11.3 Å². The highest BCUT2D eigenvalue weighted by Gasteiger charge is 2.38. The van der Waals surface area contributed by atoms with E-state index in [9.17, 15) is 19.5 Å². The molecule has 2 heterocycles. The van der Waals surface area contributed by atoms with Gasteiger partial charge in [-0.1, -0.05) is 30.3 Å². The lowest BCUT2D eigenvalue weighted by atomic mass is 10.2. The lowest BCUT2D eigenvalue weighted by Crippen LogP contribution is -2.36. The first-order chi connectivity index (χ1) is 13.0. The van der Waals surface area contributed by atoms with Crippen molar-refractivity contribution in [1.82, 2.24) is 8.61 Å². The van der Waals surface area contributed by atoms with Crippen LogP contribution >= 0.6 is 23.9 Å². The van der Waals surface area contributed by atoms with Crippen molar-refractivity contribution in [3.63, 3.8) is 0 Å². The number of benzene rings is 1. The van der Waals surface area contributed by atoms with E-state index in [1.165, 1.54) is 0 Å². The first kappa shape index (κ1) is 20.2. The summed E-state index contributed by atoms with van der Waals surface area (Å²) < 4.78 is 8.69. The second-order valence-electron chi connectivity index (χ2n) is 6.46. The van der Waals surface area contributed by atoms with Crippen molar-refractivity contribution in [1.29, 1.82) is 0 Å². The van der Waals surface area contributed by atoms with Crippen LogP contribution in [0.25, 0.3) is 0 Å². The van der Waals surface area contributed by atoms with E-state index in [0.717, 1.165) is 42.3 Å². The van der Waals surface area contributed by atoms with E-state index in [1.807, 2.05) is 30.3 Å². The Morgan fingerprint density at radius 3 is 2.30 bits per heavy atom. The summed E-state index contributed by atoms with van der Waals surface area (Å²) in [7, 11) is 0. The fraction of sp³-hybridized carbons (Fsp3) is 0.500. The number of carbonyl (C=O) groups excluding carboxylic acids is 2. The third-order valence-corrected chi connectivity index (χ3v) is 6.63. The number of hydrogen-bond donors (Lipinski definition) is 1. The molecule has 0 aromatic heterocycles. The topological polar surface area (TPSA) is 87.2 Å². The van der Waals surface area contributed by atoms with Crippen molar-refractivity contribution in [2.75, 3.05) is 13.1 Å². The molecule has 0 bridgehead atoms. The zero-order chi connectivity index (χ0) is 19.2. The molecule has 27 heavy (non-hydrogen) atoms. The molecule has 0 amide bonds. The largest absolute Gasteiger partial charge is 0.480 e. The van der Waals surface area contributed by atoms with Gasteiger partial charge in [0.15, 0.2) is 0 Å². The SMILES string of the molecule is O=C(OCc1ccccc1)SN1CCC[C@H]1C(=O)SN1CCC[C@H]1C(=O)O. The number of aliphatic carboxylic acids is 1. The van der Waals surface area contributed by atoms with E-state index >= 15 is 0 Å². The van der Waals surface area contributed by atoms with Gasteiger partial charge in [-0.05, 0) is 43.2 Å². The highest BCUT2D eigenvalue weighted by molar-refractivity contribution is 8.12. The van der Waals surface area contributed by atoms with Gasteiger partial charge in [-0.25, -0.2) is 13.4 Å². The van der Waals surface area contributed by atoms with Gasteiger partial charge in [-0.15, -0.1) is 0 Å². The van der Waals surface area contributed by atoms with Crippen molar-refractivity contribution in [3.8, 4) is 0 Å². The van der Waals surface area contributed by atoms with E-state index < -0.39 is 23.4 Å². The molecule has 2 aliphatic rings. The number of hydrogen-bond acceptors (Lipinski definition) is 8. The molecular weight excluding hydrogens is 388 g/mol. The molecule has 0 unspecified atom stereocenters. The van der Waals surface area contributed by atoms with Crippen molar-refractivity contribution in [2.45, 2.75) is 44.4 Å². The molecule has 1 N–H and O–H groups in total. The maximum Gasteiger partial charge on any atom is 0.383 e. The predicted molar refractivity (Wildman–Crippen MR) is 104 cm³/mol. The molecule has 146 valence electrons. The van der Waals surface area contributed by atoms with Crippen LogP contribution in [-0.4, -0.2) is 55.3 Å². The first-order valence-electron chi connectivity index (χ1n) is 8.91. The molecule has 2 aliphatic heterocycles. The molecule has 2 fully saturated rings. The normalized spacial score (nSPS) is 23.4. The lowest BCUT2D eigenvalue weighted by molar-refractivity contribution is -0.140. The maximum absolute atomic E-state index is 12.7. The summed E-state index contributed by atoms with van der Waals surface area (Å²) in [5.74, 6) is -0.894. The molecule has 1 aromatic rings. The van der Waals surface area contributed by atoms with Gasteiger partial charge in [-0.2, -0.15) is 0 Å². The van der Waals surface area contributed by atoms with Gasteiger partial charge in [0, 0.05) is 25.0 Å². The van der Waals surface area contributed by atoms with E-state index in [1.54, 1.807) is 8.61 Å². The highest BCUT2D eigenvalue weighted by atomic mass is 32.2. The number of carboxylic acid groups (broad SMARTS) is 1. The van der Waals surface area contributed by atoms with Gasteiger partial charge < -0.3 is 9.84 Å².